The first-order chi connectivity index (χ1) is 11.4. The van der Waals surface area contributed by atoms with Gasteiger partial charge in [0, 0.05) is 32.3 Å². The highest BCUT2D eigenvalue weighted by molar-refractivity contribution is 5.92. The lowest BCUT2D eigenvalue weighted by Crippen LogP contribution is -2.37. The number of aromatic nitrogens is 2. The Kier molecular flexibility index (Phi) is 8.97. The predicted molar refractivity (Wildman–Crippen MR) is 94.7 cm³/mol. The average molecular weight is 334 g/mol. The van der Waals surface area contributed by atoms with E-state index < -0.39 is 0 Å². The van der Waals surface area contributed by atoms with E-state index in [0.717, 1.165) is 25.0 Å². The van der Waals surface area contributed by atoms with Crippen LogP contribution < -0.4 is 5.32 Å². The third-order valence-corrected chi connectivity index (χ3v) is 3.72. The molecule has 0 aliphatic heterocycles. The third-order valence-electron chi connectivity index (χ3n) is 3.72. The second-order valence-electron chi connectivity index (χ2n) is 6.47. The molecule has 0 aliphatic rings. The molecule has 0 spiro atoms. The molecule has 1 heterocycles. The van der Waals surface area contributed by atoms with Gasteiger partial charge in [0.2, 0.25) is 5.91 Å². The van der Waals surface area contributed by atoms with Gasteiger partial charge in [-0.05, 0) is 25.7 Å². The van der Waals surface area contributed by atoms with Crippen LogP contribution >= 0.6 is 0 Å². The third kappa shape index (κ3) is 7.53. The van der Waals surface area contributed by atoms with Crippen molar-refractivity contribution in [3.8, 4) is 0 Å². The molecule has 0 fully saturated rings. The van der Waals surface area contributed by atoms with Crippen molar-refractivity contribution in [2.45, 2.75) is 53.4 Å². The summed E-state index contributed by atoms with van der Waals surface area (Å²) >= 11 is 0. The Morgan fingerprint density at radius 2 is 1.96 bits per heavy atom. The monoisotopic (exact) mass is 334 g/mol. The van der Waals surface area contributed by atoms with Gasteiger partial charge in [0.25, 0.3) is 5.91 Å². The fourth-order valence-corrected chi connectivity index (χ4v) is 2.12. The van der Waals surface area contributed by atoms with E-state index in [4.69, 9.17) is 0 Å². The molecule has 24 heavy (non-hydrogen) atoms. The first-order valence-corrected chi connectivity index (χ1v) is 8.78. The lowest BCUT2D eigenvalue weighted by atomic mass is 10.1. The largest absolute Gasteiger partial charge is 0.356 e. The van der Waals surface area contributed by atoms with Gasteiger partial charge < -0.3 is 10.2 Å². The smallest absolute Gasteiger partial charge is 0.274 e. The zero-order valence-corrected chi connectivity index (χ0v) is 15.3. The summed E-state index contributed by atoms with van der Waals surface area (Å²) in [5.41, 5.74) is 1.10. The molecule has 1 N–H and O–H groups in total. The number of hydrogen-bond donors (Lipinski definition) is 1. The quantitative estimate of drug-likeness (QED) is 0.667. The SMILES string of the molecule is CCCCNC(=O)CCN(CCC(C)C)C(=O)c1cnc(C)cn1. The molecule has 0 saturated heterocycles. The van der Waals surface area contributed by atoms with Crippen LogP contribution in [0.5, 0.6) is 0 Å². The second kappa shape index (κ2) is 10.7. The highest BCUT2D eigenvalue weighted by Gasteiger charge is 2.18. The number of nitrogens with one attached hydrogen (secondary N) is 1. The first-order valence-electron chi connectivity index (χ1n) is 8.78. The van der Waals surface area contributed by atoms with Crippen molar-refractivity contribution < 1.29 is 9.59 Å². The zero-order valence-electron chi connectivity index (χ0n) is 15.3. The van der Waals surface area contributed by atoms with Gasteiger partial charge >= 0.3 is 0 Å². The maximum Gasteiger partial charge on any atom is 0.274 e. The number of nitrogens with zero attached hydrogens (tertiary/aromatic N) is 3. The molecule has 1 aromatic rings. The van der Waals surface area contributed by atoms with Crippen molar-refractivity contribution in [1.82, 2.24) is 20.2 Å². The molecule has 0 bridgehead atoms. The van der Waals surface area contributed by atoms with E-state index in [1.165, 1.54) is 6.20 Å². The molecule has 0 atom stereocenters. The topological polar surface area (TPSA) is 75.2 Å². The van der Waals surface area contributed by atoms with Crippen LogP contribution in [0.4, 0.5) is 0 Å². The summed E-state index contributed by atoms with van der Waals surface area (Å²) in [4.78, 5) is 34.5. The summed E-state index contributed by atoms with van der Waals surface area (Å²) in [6, 6.07) is 0. The second-order valence-corrected chi connectivity index (χ2v) is 6.47. The fraction of sp³-hybridized carbons (Fsp3) is 0.667. The molecular weight excluding hydrogens is 304 g/mol. The minimum absolute atomic E-state index is 0.0132. The summed E-state index contributed by atoms with van der Waals surface area (Å²) in [6.07, 6.45) is 6.31. The van der Waals surface area contributed by atoms with Crippen molar-refractivity contribution >= 4 is 11.8 Å². The number of carbonyl (C=O) groups is 2. The lowest BCUT2D eigenvalue weighted by molar-refractivity contribution is -0.121. The van der Waals surface area contributed by atoms with E-state index in [2.05, 4.69) is 36.1 Å². The molecule has 0 aromatic carbocycles. The van der Waals surface area contributed by atoms with Gasteiger partial charge in [0.1, 0.15) is 5.69 Å². The Labute approximate surface area is 145 Å². The number of amides is 2. The van der Waals surface area contributed by atoms with Crippen molar-refractivity contribution in [1.29, 1.82) is 0 Å². The first kappa shape index (κ1) is 20.1. The van der Waals surface area contributed by atoms with Crippen LogP contribution in [0.15, 0.2) is 12.4 Å². The molecule has 1 rings (SSSR count). The van der Waals surface area contributed by atoms with Gasteiger partial charge in [-0.25, -0.2) is 4.98 Å². The van der Waals surface area contributed by atoms with Gasteiger partial charge in [-0.1, -0.05) is 27.2 Å². The maximum atomic E-state index is 12.6. The highest BCUT2D eigenvalue weighted by Crippen LogP contribution is 2.07. The maximum absolute atomic E-state index is 12.6. The Morgan fingerprint density at radius 3 is 2.54 bits per heavy atom. The molecule has 134 valence electrons. The van der Waals surface area contributed by atoms with E-state index in [1.54, 1.807) is 11.1 Å². The highest BCUT2D eigenvalue weighted by atomic mass is 16.2. The summed E-state index contributed by atoms with van der Waals surface area (Å²) in [5, 5.41) is 2.89. The minimum atomic E-state index is -0.162. The van der Waals surface area contributed by atoms with Crippen LogP contribution in [0.25, 0.3) is 0 Å². The van der Waals surface area contributed by atoms with E-state index >= 15 is 0 Å². The van der Waals surface area contributed by atoms with Gasteiger partial charge in [-0.3, -0.25) is 14.6 Å². The minimum Gasteiger partial charge on any atom is -0.356 e. The predicted octanol–water partition coefficient (Wildman–Crippen LogP) is 2.58. The summed E-state index contributed by atoms with van der Waals surface area (Å²) in [5.74, 6) is 0.313. The van der Waals surface area contributed by atoms with Gasteiger partial charge in [0.15, 0.2) is 0 Å². The van der Waals surface area contributed by atoms with E-state index in [1.807, 2.05) is 6.92 Å². The summed E-state index contributed by atoms with van der Waals surface area (Å²) in [7, 11) is 0. The van der Waals surface area contributed by atoms with E-state index in [0.29, 0.717) is 37.7 Å². The van der Waals surface area contributed by atoms with Crippen molar-refractivity contribution in [2.75, 3.05) is 19.6 Å². The van der Waals surface area contributed by atoms with E-state index in [9.17, 15) is 9.59 Å². The van der Waals surface area contributed by atoms with Crippen molar-refractivity contribution in [3.05, 3.63) is 23.8 Å². The molecular formula is C18H30N4O2. The number of hydrogen-bond acceptors (Lipinski definition) is 4. The van der Waals surface area contributed by atoms with Crippen LogP contribution in [0.2, 0.25) is 0 Å². The van der Waals surface area contributed by atoms with Gasteiger partial charge in [-0.15, -0.1) is 0 Å². The van der Waals surface area contributed by atoms with Gasteiger partial charge in [0.05, 0.1) is 11.9 Å². The zero-order chi connectivity index (χ0) is 17.9. The normalized spacial score (nSPS) is 10.7. The molecule has 0 aliphatic carbocycles. The number of carbonyl (C=O) groups excluding carboxylic acids is 2. The number of unbranched alkanes of at least 4 members (excludes halogenated alkanes) is 1. The van der Waals surface area contributed by atoms with Crippen LogP contribution in [0, 0.1) is 12.8 Å². The lowest BCUT2D eigenvalue weighted by Gasteiger charge is -2.23. The average Bonchev–Trinajstić information content (AvgIpc) is 2.55. The fourth-order valence-electron chi connectivity index (χ4n) is 2.12. The number of rotatable bonds is 10. The van der Waals surface area contributed by atoms with Gasteiger partial charge in [-0.2, -0.15) is 0 Å². The van der Waals surface area contributed by atoms with Crippen molar-refractivity contribution in [2.24, 2.45) is 5.92 Å². The Balaban J connectivity index is 2.63. The number of aryl methyl sites for hydroxylation is 1. The molecule has 0 radical (unpaired) electrons. The molecule has 6 nitrogen and oxygen atoms in total. The van der Waals surface area contributed by atoms with Crippen LogP contribution in [-0.2, 0) is 4.79 Å². The molecule has 1 aromatic heterocycles. The van der Waals surface area contributed by atoms with E-state index in [-0.39, 0.29) is 11.8 Å². The Hall–Kier alpha value is -1.98. The standard InChI is InChI=1S/C18H30N4O2/c1-5-6-9-19-17(23)8-11-22(10-7-14(2)3)18(24)16-13-20-15(4)12-21-16/h12-14H,5-11H2,1-4H3,(H,19,23). The molecule has 2 amide bonds. The van der Waals surface area contributed by atoms with Crippen LogP contribution in [0.3, 0.4) is 0 Å². The Morgan fingerprint density at radius 1 is 1.21 bits per heavy atom. The molecule has 0 saturated carbocycles. The summed E-state index contributed by atoms with van der Waals surface area (Å²) in [6.45, 7) is 9.86. The Bertz CT molecular complexity index is 514. The van der Waals surface area contributed by atoms with Crippen molar-refractivity contribution in [3.63, 3.8) is 0 Å². The van der Waals surface area contributed by atoms with Crippen LogP contribution in [0.1, 0.15) is 62.6 Å². The summed E-state index contributed by atoms with van der Waals surface area (Å²) < 4.78 is 0. The molecule has 0 unspecified atom stereocenters. The van der Waals surface area contributed by atoms with Crippen LogP contribution in [-0.4, -0.2) is 46.3 Å². The molecule has 6 heteroatoms.